The quantitative estimate of drug-likeness (QED) is 0.498. The van der Waals surface area contributed by atoms with E-state index >= 15 is 0 Å². The molecular weight excluding hydrogens is 421 g/mol. The second-order valence-electron chi connectivity index (χ2n) is 4.35. The Morgan fingerprint density at radius 3 is 2.85 bits per heavy atom. The number of thioether (sulfide) groups is 1. The molecule has 0 spiro atoms. The average Bonchev–Trinajstić information content (AvgIpc) is 2.69. The molecule has 0 amide bonds. The van der Waals surface area contributed by atoms with E-state index in [1.54, 1.807) is 7.11 Å². The average molecular weight is 435 g/mol. The van der Waals surface area contributed by atoms with Crippen LogP contribution in [0.2, 0.25) is 0 Å². The zero-order chi connectivity index (χ0) is 13.9. The maximum atomic E-state index is 5.21. The van der Waals surface area contributed by atoms with Gasteiger partial charge in [0.2, 0.25) is 0 Å². The summed E-state index contributed by atoms with van der Waals surface area (Å²) in [7, 11) is 1.71. The smallest absolute Gasteiger partial charge is 0.118 e. The molecule has 0 radical (unpaired) electrons. The fraction of sp³-hybridized carbons (Fsp3) is 0.286. The molecule has 3 rings (SSSR count). The Balaban J connectivity index is 1.70. The van der Waals surface area contributed by atoms with Crippen LogP contribution in [0.4, 0.5) is 0 Å². The van der Waals surface area contributed by atoms with Crippen molar-refractivity contribution in [3.8, 4) is 5.75 Å². The zero-order valence-electron chi connectivity index (χ0n) is 11.0. The van der Waals surface area contributed by atoms with E-state index in [2.05, 4.69) is 45.1 Å². The van der Waals surface area contributed by atoms with Crippen molar-refractivity contribution < 1.29 is 4.74 Å². The van der Waals surface area contributed by atoms with Gasteiger partial charge in [-0.15, -0.1) is 23.1 Å². The monoisotopic (exact) mass is 435 g/mol. The second-order valence-corrected chi connectivity index (χ2v) is 9.80. The number of halogens is 1. The van der Waals surface area contributed by atoms with Crippen molar-refractivity contribution in [1.82, 2.24) is 4.31 Å². The summed E-state index contributed by atoms with van der Waals surface area (Å²) in [6.07, 6.45) is 0. The summed E-state index contributed by atoms with van der Waals surface area (Å²) < 4.78 is 10.5. The first-order valence-corrected chi connectivity index (χ1v) is 9.88. The lowest BCUT2D eigenvalue weighted by Gasteiger charge is -2.18. The SMILES string of the molecule is COc1ccc(CN2CCSc3cc(I)sc3S2)cc1. The van der Waals surface area contributed by atoms with E-state index in [1.165, 1.54) is 17.6 Å². The van der Waals surface area contributed by atoms with Gasteiger partial charge in [0.25, 0.3) is 0 Å². The van der Waals surface area contributed by atoms with Crippen LogP contribution in [0.25, 0.3) is 0 Å². The van der Waals surface area contributed by atoms with Crippen LogP contribution >= 0.6 is 57.6 Å². The summed E-state index contributed by atoms with van der Waals surface area (Å²) in [6, 6.07) is 10.7. The van der Waals surface area contributed by atoms with Crippen LogP contribution in [0.5, 0.6) is 5.75 Å². The molecule has 0 atom stereocenters. The summed E-state index contributed by atoms with van der Waals surface area (Å²) in [5.74, 6) is 2.08. The van der Waals surface area contributed by atoms with Crippen LogP contribution in [0.3, 0.4) is 0 Å². The molecule has 0 saturated carbocycles. The first-order valence-electron chi connectivity index (χ1n) is 6.22. The first kappa shape index (κ1) is 15.0. The lowest BCUT2D eigenvalue weighted by molar-refractivity contribution is 0.414. The minimum atomic E-state index is 0.919. The molecule has 0 unspecified atom stereocenters. The van der Waals surface area contributed by atoms with Gasteiger partial charge in [-0.25, -0.2) is 4.31 Å². The molecule has 6 heteroatoms. The second kappa shape index (κ2) is 6.91. The van der Waals surface area contributed by atoms with Crippen molar-refractivity contribution in [2.24, 2.45) is 0 Å². The van der Waals surface area contributed by atoms with Crippen molar-refractivity contribution in [3.63, 3.8) is 0 Å². The van der Waals surface area contributed by atoms with Crippen molar-refractivity contribution >= 4 is 57.6 Å². The molecule has 0 bridgehead atoms. The molecule has 0 saturated heterocycles. The summed E-state index contributed by atoms with van der Waals surface area (Å²) in [4.78, 5) is 1.45. The highest BCUT2D eigenvalue weighted by molar-refractivity contribution is 14.1. The molecule has 2 heterocycles. The molecule has 20 heavy (non-hydrogen) atoms. The number of ether oxygens (including phenoxy) is 1. The zero-order valence-corrected chi connectivity index (χ0v) is 15.6. The van der Waals surface area contributed by atoms with Crippen LogP contribution in [-0.2, 0) is 6.54 Å². The number of benzene rings is 1. The summed E-state index contributed by atoms with van der Waals surface area (Å²) in [5.41, 5.74) is 1.33. The van der Waals surface area contributed by atoms with Gasteiger partial charge in [0.05, 0.1) is 14.2 Å². The molecule has 1 aliphatic heterocycles. The predicted octanol–water partition coefficient (Wildman–Crippen LogP) is 4.98. The molecule has 1 aliphatic rings. The number of fused-ring (bicyclic) bond motifs is 1. The van der Waals surface area contributed by atoms with E-state index in [9.17, 15) is 0 Å². The number of nitrogens with zero attached hydrogens (tertiary/aromatic N) is 1. The molecule has 0 fully saturated rings. The fourth-order valence-corrected chi connectivity index (χ4v) is 7.25. The van der Waals surface area contributed by atoms with Gasteiger partial charge >= 0.3 is 0 Å². The van der Waals surface area contributed by atoms with Gasteiger partial charge in [0.1, 0.15) is 5.75 Å². The van der Waals surface area contributed by atoms with Crippen molar-refractivity contribution in [3.05, 3.63) is 38.8 Å². The summed E-state index contributed by atoms with van der Waals surface area (Å²) in [6.45, 7) is 2.09. The summed E-state index contributed by atoms with van der Waals surface area (Å²) >= 11 is 8.17. The minimum absolute atomic E-state index is 0.919. The van der Waals surface area contributed by atoms with E-state index in [1.807, 2.05) is 47.2 Å². The Labute approximate surface area is 145 Å². The Morgan fingerprint density at radius 2 is 2.10 bits per heavy atom. The maximum absolute atomic E-state index is 5.21. The molecule has 106 valence electrons. The van der Waals surface area contributed by atoms with E-state index in [0.717, 1.165) is 24.6 Å². The Hall–Kier alpha value is 0.110. The number of methoxy groups -OCH3 is 1. The molecular formula is C14H14INOS3. The third-order valence-electron chi connectivity index (χ3n) is 2.96. The van der Waals surface area contributed by atoms with Gasteiger partial charge in [-0.05, 0) is 58.3 Å². The normalized spacial score (nSPS) is 15.7. The Kier molecular flexibility index (Phi) is 5.19. The van der Waals surface area contributed by atoms with Gasteiger partial charge in [-0.2, -0.15) is 0 Å². The van der Waals surface area contributed by atoms with Crippen molar-refractivity contribution in [1.29, 1.82) is 0 Å². The lowest BCUT2D eigenvalue weighted by Crippen LogP contribution is -2.16. The van der Waals surface area contributed by atoms with E-state index in [0.29, 0.717) is 0 Å². The van der Waals surface area contributed by atoms with Crippen LogP contribution in [0, 0.1) is 2.88 Å². The lowest BCUT2D eigenvalue weighted by atomic mass is 10.2. The highest BCUT2D eigenvalue weighted by Gasteiger charge is 2.18. The number of hydrogen-bond acceptors (Lipinski definition) is 5. The van der Waals surface area contributed by atoms with Gasteiger partial charge in [0, 0.05) is 23.7 Å². The fourth-order valence-electron chi connectivity index (χ4n) is 1.96. The van der Waals surface area contributed by atoms with Gasteiger partial charge in [-0.3, -0.25) is 0 Å². The topological polar surface area (TPSA) is 12.5 Å². The standard InChI is InChI=1S/C14H14INOS3/c1-17-11-4-2-10(3-5-11)9-16-6-7-18-12-8-13(15)19-14(12)20-16/h2-5,8H,6-7,9H2,1H3. The van der Waals surface area contributed by atoms with Crippen LogP contribution in [-0.4, -0.2) is 23.7 Å². The van der Waals surface area contributed by atoms with Crippen LogP contribution in [0.15, 0.2) is 39.4 Å². The van der Waals surface area contributed by atoms with E-state index in [-0.39, 0.29) is 0 Å². The Morgan fingerprint density at radius 1 is 1.30 bits per heavy atom. The van der Waals surface area contributed by atoms with Crippen LogP contribution in [0.1, 0.15) is 5.56 Å². The maximum Gasteiger partial charge on any atom is 0.118 e. The third kappa shape index (κ3) is 3.65. The molecule has 0 N–H and O–H groups in total. The van der Waals surface area contributed by atoms with Gasteiger partial charge < -0.3 is 4.74 Å². The predicted molar refractivity (Wildman–Crippen MR) is 97.0 cm³/mol. The number of rotatable bonds is 3. The molecule has 2 aromatic rings. The highest BCUT2D eigenvalue weighted by Crippen LogP contribution is 2.43. The Bertz CT molecular complexity index is 585. The first-order chi connectivity index (χ1) is 9.74. The third-order valence-corrected chi connectivity index (χ3v) is 7.36. The number of hydrogen-bond donors (Lipinski definition) is 0. The molecule has 2 nitrogen and oxygen atoms in total. The number of thiophene rings is 1. The highest BCUT2D eigenvalue weighted by atomic mass is 127. The van der Waals surface area contributed by atoms with Gasteiger partial charge in [0.15, 0.2) is 0 Å². The van der Waals surface area contributed by atoms with Crippen LogP contribution < -0.4 is 4.74 Å². The molecule has 0 aliphatic carbocycles. The molecule has 1 aromatic heterocycles. The van der Waals surface area contributed by atoms with Crippen molar-refractivity contribution in [2.45, 2.75) is 15.6 Å². The van der Waals surface area contributed by atoms with Gasteiger partial charge in [-0.1, -0.05) is 12.1 Å². The van der Waals surface area contributed by atoms with E-state index in [4.69, 9.17) is 4.74 Å². The van der Waals surface area contributed by atoms with Crippen molar-refractivity contribution in [2.75, 3.05) is 19.4 Å². The van der Waals surface area contributed by atoms with E-state index < -0.39 is 0 Å². The minimum Gasteiger partial charge on any atom is -0.497 e. The summed E-state index contributed by atoms with van der Waals surface area (Å²) in [5, 5.41) is 0. The molecule has 1 aromatic carbocycles. The largest absolute Gasteiger partial charge is 0.497 e.